The van der Waals surface area contributed by atoms with Crippen LogP contribution in [0, 0.1) is 0 Å². The molecule has 2 rings (SSSR count). The van der Waals surface area contributed by atoms with Crippen molar-refractivity contribution in [2.45, 2.75) is 68.3 Å². The SMILES string of the molecule is CC(=O)NC1[C@H](O)OC(CO)[C@@H](O[C@@H]2OC(CO)[C@@H](O)[C@H](OCCOCCOCCN=[N+]=[N-])C2O)[C@@H]1O. The number of aliphatic hydroxyl groups is 6. The number of hydrogen-bond donors (Lipinski definition) is 7. The summed E-state index contributed by atoms with van der Waals surface area (Å²) in [6.07, 6.45) is -13.0. The van der Waals surface area contributed by atoms with Gasteiger partial charge in [-0.05, 0) is 5.53 Å². The van der Waals surface area contributed by atoms with E-state index in [1.54, 1.807) is 0 Å². The highest BCUT2D eigenvalue weighted by molar-refractivity contribution is 5.73. The van der Waals surface area contributed by atoms with Crippen LogP contribution in [0.15, 0.2) is 5.11 Å². The first-order valence-corrected chi connectivity index (χ1v) is 11.7. The van der Waals surface area contributed by atoms with E-state index >= 15 is 0 Å². The molecule has 0 aromatic heterocycles. The maximum atomic E-state index is 11.5. The first-order valence-electron chi connectivity index (χ1n) is 11.7. The lowest BCUT2D eigenvalue weighted by Gasteiger charge is -2.47. The maximum Gasteiger partial charge on any atom is 0.217 e. The molecule has 4 unspecified atom stereocenters. The minimum atomic E-state index is -1.65. The molecular formula is C20H36N4O13. The second-order valence-electron chi connectivity index (χ2n) is 8.29. The first kappa shape index (κ1) is 31.5. The molecule has 2 aliphatic rings. The summed E-state index contributed by atoms with van der Waals surface area (Å²) in [4.78, 5) is 14.0. The number of hydrogen-bond acceptors (Lipinski definition) is 14. The van der Waals surface area contributed by atoms with Crippen LogP contribution in [0.25, 0.3) is 10.4 Å². The van der Waals surface area contributed by atoms with Gasteiger partial charge in [0.25, 0.3) is 0 Å². The molecule has 37 heavy (non-hydrogen) atoms. The predicted molar refractivity (Wildman–Crippen MR) is 120 cm³/mol. The molecule has 10 atom stereocenters. The Hall–Kier alpha value is -1.70. The molecule has 7 N–H and O–H groups in total. The van der Waals surface area contributed by atoms with Crippen molar-refractivity contribution in [1.82, 2.24) is 5.32 Å². The van der Waals surface area contributed by atoms with E-state index < -0.39 is 80.5 Å². The van der Waals surface area contributed by atoms with Gasteiger partial charge >= 0.3 is 0 Å². The third kappa shape index (κ3) is 9.22. The Balaban J connectivity index is 1.94. The zero-order valence-electron chi connectivity index (χ0n) is 20.3. The largest absolute Gasteiger partial charge is 0.394 e. The zero-order chi connectivity index (χ0) is 27.4. The van der Waals surface area contributed by atoms with Crippen LogP contribution in [0.4, 0.5) is 0 Å². The van der Waals surface area contributed by atoms with E-state index in [2.05, 4.69) is 15.3 Å². The summed E-state index contributed by atoms with van der Waals surface area (Å²) in [5.41, 5.74) is 8.17. The van der Waals surface area contributed by atoms with Gasteiger partial charge in [-0.2, -0.15) is 0 Å². The van der Waals surface area contributed by atoms with Crippen molar-refractivity contribution < 1.29 is 63.9 Å². The van der Waals surface area contributed by atoms with E-state index in [0.717, 1.165) is 0 Å². The quantitative estimate of drug-likeness (QED) is 0.0454. The number of carbonyl (C=O) groups excluding carboxylic acids is 1. The fourth-order valence-corrected chi connectivity index (χ4v) is 3.87. The molecule has 1 amide bonds. The van der Waals surface area contributed by atoms with Gasteiger partial charge in [-0.15, -0.1) is 0 Å². The zero-order valence-corrected chi connectivity index (χ0v) is 20.3. The normalized spacial score (nSPS) is 36.1. The summed E-state index contributed by atoms with van der Waals surface area (Å²) in [6.45, 7) is 0.745. The second-order valence-corrected chi connectivity index (χ2v) is 8.29. The smallest absolute Gasteiger partial charge is 0.217 e. The average Bonchev–Trinajstić information content (AvgIpc) is 2.87. The molecule has 0 spiro atoms. The molecule has 0 bridgehead atoms. The minimum Gasteiger partial charge on any atom is -0.394 e. The third-order valence-electron chi connectivity index (χ3n) is 5.66. The lowest BCUT2D eigenvalue weighted by atomic mass is 9.95. The van der Waals surface area contributed by atoms with Gasteiger partial charge in [-0.3, -0.25) is 4.79 Å². The summed E-state index contributed by atoms with van der Waals surface area (Å²) in [5.74, 6) is -0.569. The molecule has 0 aromatic carbocycles. The first-order chi connectivity index (χ1) is 17.7. The van der Waals surface area contributed by atoms with Crippen LogP contribution >= 0.6 is 0 Å². The number of amides is 1. The third-order valence-corrected chi connectivity index (χ3v) is 5.66. The van der Waals surface area contributed by atoms with Crippen molar-refractivity contribution in [1.29, 1.82) is 0 Å². The van der Waals surface area contributed by atoms with Crippen LogP contribution in [-0.2, 0) is 33.2 Å². The van der Waals surface area contributed by atoms with E-state index in [4.69, 9.17) is 34.0 Å². The molecule has 17 heteroatoms. The number of azide groups is 1. The molecule has 2 saturated heterocycles. The van der Waals surface area contributed by atoms with Gasteiger partial charge in [0.2, 0.25) is 5.91 Å². The van der Waals surface area contributed by atoms with Crippen LogP contribution in [-0.4, -0.2) is 151 Å². The van der Waals surface area contributed by atoms with Gasteiger partial charge < -0.3 is 64.4 Å². The standard InChI is InChI=1S/C20H36N4O13/c1-10(27)23-13-15(29)17(12(9-26)35-19(13)31)37-20-16(30)18(14(28)11(8-25)36-20)34-7-6-33-5-4-32-3-2-22-24-21/h11-20,25-26,28-31H,2-9H2,1H3,(H,23,27)/t11?,12?,13?,14-,15-,16?,17-,18+,19-,20+/m1/s1. The van der Waals surface area contributed by atoms with E-state index in [-0.39, 0.29) is 39.6 Å². The van der Waals surface area contributed by atoms with Crippen molar-refractivity contribution in [3.05, 3.63) is 10.4 Å². The van der Waals surface area contributed by atoms with E-state index in [0.29, 0.717) is 0 Å². The molecule has 214 valence electrons. The molecule has 2 aliphatic heterocycles. The Morgan fingerprint density at radius 2 is 1.57 bits per heavy atom. The average molecular weight is 541 g/mol. The van der Waals surface area contributed by atoms with Crippen LogP contribution in [0.2, 0.25) is 0 Å². The van der Waals surface area contributed by atoms with Gasteiger partial charge in [0.1, 0.15) is 48.8 Å². The topological polar surface area (TPSA) is 255 Å². The van der Waals surface area contributed by atoms with Gasteiger partial charge in [0.15, 0.2) is 12.6 Å². The van der Waals surface area contributed by atoms with Gasteiger partial charge in [0.05, 0.1) is 46.2 Å². The fourth-order valence-electron chi connectivity index (χ4n) is 3.87. The molecule has 0 saturated carbocycles. The number of aliphatic hydroxyl groups excluding tert-OH is 6. The Labute approximate surface area is 212 Å². The molecule has 17 nitrogen and oxygen atoms in total. The Morgan fingerprint density at radius 3 is 2.19 bits per heavy atom. The number of carbonyl (C=O) groups is 1. The number of nitrogens with zero attached hydrogens (tertiary/aromatic N) is 3. The van der Waals surface area contributed by atoms with Crippen LogP contribution in [0.3, 0.4) is 0 Å². The van der Waals surface area contributed by atoms with Crippen molar-refractivity contribution >= 4 is 5.91 Å². The number of nitrogens with one attached hydrogen (secondary N) is 1. The maximum absolute atomic E-state index is 11.5. The van der Waals surface area contributed by atoms with Crippen molar-refractivity contribution in [3.8, 4) is 0 Å². The molecule has 2 fully saturated rings. The van der Waals surface area contributed by atoms with E-state index in [1.807, 2.05) is 0 Å². The van der Waals surface area contributed by atoms with Crippen molar-refractivity contribution in [2.75, 3.05) is 52.8 Å². The Bertz CT molecular complexity index is 730. The molecule has 2 heterocycles. The Kier molecular flexibility index (Phi) is 13.9. The highest BCUT2D eigenvalue weighted by Gasteiger charge is 2.51. The van der Waals surface area contributed by atoms with Crippen LogP contribution in [0.5, 0.6) is 0 Å². The summed E-state index contributed by atoms with van der Waals surface area (Å²) in [7, 11) is 0. The lowest BCUT2D eigenvalue weighted by molar-refractivity contribution is -0.348. The predicted octanol–water partition coefficient (Wildman–Crippen LogP) is -3.89. The summed E-state index contributed by atoms with van der Waals surface area (Å²) >= 11 is 0. The van der Waals surface area contributed by atoms with Gasteiger partial charge in [-0.25, -0.2) is 0 Å². The minimum absolute atomic E-state index is 0.0619. The van der Waals surface area contributed by atoms with Gasteiger partial charge in [-0.1, -0.05) is 5.11 Å². The summed E-state index contributed by atoms with van der Waals surface area (Å²) in [6, 6.07) is -1.31. The van der Waals surface area contributed by atoms with Crippen LogP contribution < -0.4 is 5.32 Å². The molecular weight excluding hydrogens is 504 g/mol. The molecule has 0 aromatic rings. The van der Waals surface area contributed by atoms with E-state index in [9.17, 15) is 35.4 Å². The van der Waals surface area contributed by atoms with Crippen molar-refractivity contribution in [2.24, 2.45) is 5.11 Å². The van der Waals surface area contributed by atoms with Crippen molar-refractivity contribution in [3.63, 3.8) is 0 Å². The Morgan fingerprint density at radius 1 is 0.919 bits per heavy atom. The highest BCUT2D eigenvalue weighted by atomic mass is 16.7. The van der Waals surface area contributed by atoms with E-state index in [1.165, 1.54) is 6.92 Å². The number of rotatable bonds is 15. The lowest BCUT2D eigenvalue weighted by Crippen LogP contribution is -2.67. The number of ether oxygens (including phenoxy) is 6. The highest BCUT2D eigenvalue weighted by Crippen LogP contribution is 2.29. The van der Waals surface area contributed by atoms with Crippen LogP contribution in [0.1, 0.15) is 6.92 Å². The fraction of sp³-hybridized carbons (Fsp3) is 0.950. The molecule has 0 aliphatic carbocycles. The second kappa shape index (κ2) is 16.3. The van der Waals surface area contributed by atoms with Gasteiger partial charge in [0, 0.05) is 18.4 Å². The summed E-state index contributed by atoms with van der Waals surface area (Å²) in [5, 5.41) is 67.0. The monoisotopic (exact) mass is 540 g/mol. The molecule has 0 radical (unpaired) electrons. The summed E-state index contributed by atoms with van der Waals surface area (Å²) < 4.78 is 32.4.